The second-order valence-corrected chi connectivity index (χ2v) is 6.04. The monoisotopic (exact) mass is 281 g/mol. The minimum Gasteiger partial charge on any atom is -0.341 e. The molecule has 1 N–H and O–H groups in total. The van der Waals surface area contributed by atoms with Crippen LogP contribution in [0, 0.1) is 5.41 Å². The topological polar surface area (TPSA) is 52.7 Å². The Balaban J connectivity index is 2.02. The highest BCUT2D eigenvalue weighted by Gasteiger charge is 2.40. The van der Waals surface area contributed by atoms with Gasteiger partial charge in [0.2, 0.25) is 11.8 Å². The van der Waals surface area contributed by atoms with E-state index in [1.54, 1.807) is 6.92 Å². The predicted octanol–water partition coefficient (Wildman–Crippen LogP) is 0.847. The fourth-order valence-corrected chi connectivity index (χ4v) is 3.39. The van der Waals surface area contributed by atoms with Crippen molar-refractivity contribution in [1.29, 1.82) is 0 Å². The third-order valence-electron chi connectivity index (χ3n) is 4.92. The average molecular weight is 281 g/mol. The normalized spacial score (nSPS) is 23.3. The minimum atomic E-state index is -0.170. The van der Waals surface area contributed by atoms with E-state index in [0.29, 0.717) is 19.0 Å². The van der Waals surface area contributed by atoms with Gasteiger partial charge in [0.25, 0.3) is 0 Å². The molecule has 2 fully saturated rings. The molecule has 0 aromatic rings. The molecule has 0 aromatic heterocycles. The second-order valence-electron chi connectivity index (χ2n) is 6.04. The molecule has 114 valence electrons. The SMILES string of the molecule is CCC1(C(=O)N2CCCN(C(C)=O)CC2)CCNCC1. The van der Waals surface area contributed by atoms with E-state index < -0.39 is 0 Å². The van der Waals surface area contributed by atoms with E-state index in [1.165, 1.54) is 0 Å². The van der Waals surface area contributed by atoms with Crippen LogP contribution in [0.1, 0.15) is 39.5 Å². The van der Waals surface area contributed by atoms with Crippen molar-refractivity contribution < 1.29 is 9.59 Å². The Labute approximate surface area is 121 Å². The summed E-state index contributed by atoms with van der Waals surface area (Å²) in [5.41, 5.74) is -0.170. The molecule has 2 heterocycles. The molecule has 0 unspecified atom stereocenters. The van der Waals surface area contributed by atoms with Crippen LogP contribution in [0.3, 0.4) is 0 Å². The van der Waals surface area contributed by atoms with Gasteiger partial charge in [-0.3, -0.25) is 9.59 Å². The summed E-state index contributed by atoms with van der Waals surface area (Å²) < 4.78 is 0. The molecule has 2 rings (SSSR count). The summed E-state index contributed by atoms with van der Waals surface area (Å²) in [4.78, 5) is 28.2. The van der Waals surface area contributed by atoms with Gasteiger partial charge in [0, 0.05) is 33.1 Å². The second kappa shape index (κ2) is 6.57. The molecular weight excluding hydrogens is 254 g/mol. The van der Waals surface area contributed by atoms with E-state index in [1.807, 2.05) is 9.80 Å². The van der Waals surface area contributed by atoms with Crippen molar-refractivity contribution in [1.82, 2.24) is 15.1 Å². The van der Waals surface area contributed by atoms with Crippen LogP contribution in [0.25, 0.3) is 0 Å². The molecule has 0 saturated carbocycles. The van der Waals surface area contributed by atoms with Gasteiger partial charge >= 0.3 is 0 Å². The van der Waals surface area contributed by atoms with Crippen LogP contribution in [0.15, 0.2) is 0 Å². The first kappa shape index (κ1) is 15.3. The van der Waals surface area contributed by atoms with Crippen LogP contribution in [-0.2, 0) is 9.59 Å². The highest BCUT2D eigenvalue weighted by molar-refractivity contribution is 5.83. The Hall–Kier alpha value is -1.10. The molecule has 0 atom stereocenters. The number of nitrogens with zero attached hydrogens (tertiary/aromatic N) is 2. The van der Waals surface area contributed by atoms with E-state index in [2.05, 4.69) is 12.2 Å². The van der Waals surface area contributed by atoms with Crippen LogP contribution in [-0.4, -0.2) is 60.9 Å². The van der Waals surface area contributed by atoms with Gasteiger partial charge in [0.1, 0.15) is 0 Å². The molecule has 2 amide bonds. The predicted molar refractivity (Wildman–Crippen MR) is 78.3 cm³/mol. The summed E-state index contributed by atoms with van der Waals surface area (Å²) in [5.74, 6) is 0.429. The number of carbonyl (C=O) groups excluding carboxylic acids is 2. The Morgan fingerprint density at radius 3 is 2.25 bits per heavy atom. The van der Waals surface area contributed by atoms with Gasteiger partial charge in [-0.25, -0.2) is 0 Å². The molecule has 2 aliphatic rings. The lowest BCUT2D eigenvalue weighted by Crippen LogP contribution is -2.50. The first-order chi connectivity index (χ1) is 9.59. The van der Waals surface area contributed by atoms with E-state index in [-0.39, 0.29) is 11.3 Å². The Morgan fingerprint density at radius 1 is 1.05 bits per heavy atom. The zero-order chi connectivity index (χ0) is 14.6. The van der Waals surface area contributed by atoms with Crippen LogP contribution >= 0.6 is 0 Å². The van der Waals surface area contributed by atoms with Crippen LogP contribution in [0.4, 0.5) is 0 Å². The quantitative estimate of drug-likeness (QED) is 0.816. The molecular formula is C15H27N3O2. The lowest BCUT2D eigenvalue weighted by Gasteiger charge is -2.39. The van der Waals surface area contributed by atoms with Crippen molar-refractivity contribution in [2.45, 2.75) is 39.5 Å². The van der Waals surface area contributed by atoms with E-state index in [0.717, 1.165) is 51.9 Å². The number of hydrogen-bond acceptors (Lipinski definition) is 3. The van der Waals surface area contributed by atoms with Crippen LogP contribution in [0.5, 0.6) is 0 Å². The van der Waals surface area contributed by atoms with Crippen LogP contribution in [0.2, 0.25) is 0 Å². The fourth-order valence-electron chi connectivity index (χ4n) is 3.39. The Kier molecular flexibility index (Phi) is 5.02. The van der Waals surface area contributed by atoms with Gasteiger partial charge in [0.15, 0.2) is 0 Å². The number of piperidine rings is 1. The molecule has 0 radical (unpaired) electrons. The maximum Gasteiger partial charge on any atom is 0.228 e. The Bertz CT molecular complexity index is 364. The maximum absolute atomic E-state index is 12.9. The molecule has 5 heteroatoms. The van der Waals surface area contributed by atoms with Crippen LogP contribution < -0.4 is 5.32 Å². The summed E-state index contributed by atoms with van der Waals surface area (Å²) in [6.45, 7) is 8.55. The largest absolute Gasteiger partial charge is 0.341 e. The summed E-state index contributed by atoms with van der Waals surface area (Å²) in [7, 11) is 0. The maximum atomic E-state index is 12.9. The molecule has 0 aromatic carbocycles. The van der Waals surface area contributed by atoms with Gasteiger partial charge < -0.3 is 15.1 Å². The van der Waals surface area contributed by atoms with Crippen molar-refractivity contribution in [2.75, 3.05) is 39.3 Å². The number of carbonyl (C=O) groups is 2. The lowest BCUT2D eigenvalue weighted by atomic mass is 9.75. The number of nitrogens with one attached hydrogen (secondary N) is 1. The highest BCUT2D eigenvalue weighted by atomic mass is 16.2. The van der Waals surface area contributed by atoms with Crippen molar-refractivity contribution in [3.63, 3.8) is 0 Å². The van der Waals surface area contributed by atoms with Crippen molar-refractivity contribution in [3.8, 4) is 0 Å². The average Bonchev–Trinajstić information content (AvgIpc) is 2.73. The Morgan fingerprint density at radius 2 is 1.65 bits per heavy atom. The molecule has 0 spiro atoms. The highest BCUT2D eigenvalue weighted by Crippen LogP contribution is 2.34. The molecule has 5 nitrogen and oxygen atoms in total. The zero-order valence-corrected chi connectivity index (χ0v) is 12.8. The van der Waals surface area contributed by atoms with Gasteiger partial charge in [-0.1, -0.05) is 6.92 Å². The number of hydrogen-bond donors (Lipinski definition) is 1. The summed E-state index contributed by atoms with van der Waals surface area (Å²) in [5, 5.41) is 3.34. The first-order valence-electron chi connectivity index (χ1n) is 7.85. The molecule has 20 heavy (non-hydrogen) atoms. The minimum absolute atomic E-state index is 0.117. The van der Waals surface area contributed by atoms with E-state index >= 15 is 0 Å². The molecule has 2 saturated heterocycles. The van der Waals surface area contributed by atoms with Gasteiger partial charge in [-0.15, -0.1) is 0 Å². The van der Waals surface area contributed by atoms with Gasteiger partial charge in [-0.2, -0.15) is 0 Å². The van der Waals surface area contributed by atoms with Crippen molar-refractivity contribution >= 4 is 11.8 Å². The number of rotatable bonds is 2. The summed E-state index contributed by atoms with van der Waals surface area (Å²) in [6, 6.07) is 0. The lowest BCUT2D eigenvalue weighted by molar-refractivity contribution is -0.144. The zero-order valence-electron chi connectivity index (χ0n) is 12.8. The summed E-state index contributed by atoms with van der Waals surface area (Å²) >= 11 is 0. The van der Waals surface area contributed by atoms with Gasteiger partial charge in [0.05, 0.1) is 5.41 Å². The first-order valence-corrected chi connectivity index (χ1v) is 7.85. The third kappa shape index (κ3) is 3.14. The molecule has 2 aliphatic heterocycles. The van der Waals surface area contributed by atoms with Crippen molar-refractivity contribution in [2.24, 2.45) is 5.41 Å². The summed E-state index contributed by atoms with van der Waals surface area (Å²) in [6.07, 6.45) is 3.69. The van der Waals surface area contributed by atoms with E-state index in [4.69, 9.17) is 0 Å². The van der Waals surface area contributed by atoms with Gasteiger partial charge in [-0.05, 0) is 38.8 Å². The smallest absolute Gasteiger partial charge is 0.228 e. The fraction of sp³-hybridized carbons (Fsp3) is 0.867. The number of amides is 2. The van der Waals surface area contributed by atoms with E-state index in [9.17, 15) is 9.59 Å². The third-order valence-corrected chi connectivity index (χ3v) is 4.92. The molecule has 0 bridgehead atoms. The van der Waals surface area contributed by atoms with Crippen molar-refractivity contribution in [3.05, 3.63) is 0 Å². The standard InChI is InChI=1S/C15H27N3O2/c1-3-15(5-7-16-8-6-15)14(20)18-10-4-9-17(11-12-18)13(2)19/h16H,3-12H2,1-2H3. The molecule has 0 aliphatic carbocycles.